The Balaban J connectivity index is 1.96. The smallest absolute Gasteiger partial charge is 0.326 e. The number of aryl methyl sites for hydroxylation is 2. The van der Waals surface area contributed by atoms with Crippen molar-refractivity contribution in [1.29, 1.82) is 0 Å². The second-order valence-corrected chi connectivity index (χ2v) is 6.43. The van der Waals surface area contributed by atoms with Gasteiger partial charge in [0, 0.05) is 5.69 Å². The Kier molecular flexibility index (Phi) is 3.78. The molecular weight excluding hydrogens is 266 g/mol. The highest BCUT2D eigenvalue weighted by molar-refractivity contribution is 5.79. The molecule has 0 spiro atoms. The lowest BCUT2D eigenvalue weighted by molar-refractivity contribution is -0.146. The fourth-order valence-corrected chi connectivity index (χ4v) is 3.73. The van der Waals surface area contributed by atoms with Crippen LogP contribution in [0.2, 0.25) is 0 Å². The van der Waals surface area contributed by atoms with Crippen LogP contribution in [0.4, 0.5) is 0 Å². The number of carbonyl (C=O) groups is 1. The summed E-state index contributed by atoms with van der Waals surface area (Å²) in [5, 5.41) is 13.1. The van der Waals surface area contributed by atoms with Crippen LogP contribution in [0.25, 0.3) is 0 Å². The summed E-state index contributed by atoms with van der Waals surface area (Å²) in [6, 6.07) is 0. The fourth-order valence-electron chi connectivity index (χ4n) is 3.73. The third-order valence-electron chi connectivity index (χ3n) is 4.98. The number of imidazole rings is 1. The predicted molar refractivity (Wildman–Crippen MR) is 80.4 cm³/mol. The van der Waals surface area contributed by atoms with Gasteiger partial charge in [-0.25, -0.2) is 4.98 Å². The molecule has 116 valence electrons. The molecule has 0 radical (unpaired) electrons. The van der Waals surface area contributed by atoms with Gasteiger partial charge < -0.3 is 15.0 Å². The summed E-state index contributed by atoms with van der Waals surface area (Å²) in [4.78, 5) is 16.7. The number of nitrogens with one attached hydrogen (secondary N) is 1. The lowest BCUT2D eigenvalue weighted by atomic mass is 9.92. The molecule has 0 saturated heterocycles. The molecule has 1 saturated carbocycles. The maximum atomic E-state index is 12.0. The molecule has 1 aromatic rings. The molecule has 0 aliphatic heterocycles. The van der Waals surface area contributed by atoms with E-state index < -0.39 is 11.5 Å². The molecule has 1 fully saturated rings. The van der Waals surface area contributed by atoms with Gasteiger partial charge in [-0.3, -0.25) is 4.79 Å². The minimum atomic E-state index is -0.828. The minimum absolute atomic E-state index is 0.246. The van der Waals surface area contributed by atoms with E-state index >= 15 is 0 Å². The van der Waals surface area contributed by atoms with Crippen molar-refractivity contribution in [3.05, 3.63) is 17.2 Å². The number of carboxylic acid groups (broad SMARTS) is 1. The second-order valence-electron chi connectivity index (χ2n) is 6.43. The molecule has 2 aliphatic carbocycles. The van der Waals surface area contributed by atoms with E-state index in [0.29, 0.717) is 13.1 Å². The zero-order chi connectivity index (χ0) is 15.0. The van der Waals surface area contributed by atoms with Gasteiger partial charge in [-0.2, -0.15) is 0 Å². The predicted octanol–water partition coefficient (Wildman–Crippen LogP) is 1.91. The van der Waals surface area contributed by atoms with Gasteiger partial charge in [-0.15, -0.1) is 0 Å². The van der Waals surface area contributed by atoms with Crippen LogP contribution in [0.15, 0.2) is 0 Å². The molecule has 3 rings (SSSR count). The van der Waals surface area contributed by atoms with Crippen molar-refractivity contribution in [3.8, 4) is 0 Å². The van der Waals surface area contributed by atoms with Gasteiger partial charge in [0.05, 0.1) is 12.2 Å². The highest BCUT2D eigenvalue weighted by atomic mass is 16.4. The second kappa shape index (κ2) is 5.44. The summed E-state index contributed by atoms with van der Waals surface area (Å²) in [6.07, 6.45) is 6.47. The number of nitrogens with zero attached hydrogens (tertiary/aromatic N) is 2. The van der Waals surface area contributed by atoms with E-state index in [1.165, 1.54) is 24.2 Å². The summed E-state index contributed by atoms with van der Waals surface area (Å²) in [7, 11) is 0. The van der Waals surface area contributed by atoms with Gasteiger partial charge in [-0.1, -0.05) is 6.92 Å². The van der Waals surface area contributed by atoms with Gasteiger partial charge in [0.1, 0.15) is 11.4 Å². The SMILES string of the molecule is CCNC(Cn1c(C)nc2c1CCCC2)(C(=O)O)C1CC1. The molecule has 2 N–H and O–H groups in total. The molecule has 0 bridgehead atoms. The van der Waals surface area contributed by atoms with Crippen LogP contribution in [0.3, 0.4) is 0 Å². The topological polar surface area (TPSA) is 67.2 Å². The van der Waals surface area contributed by atoms with E-state index in [2.05, 4.69) is 14.9 Å². The molecule has 2 aliphatic rings. The Morgan fingerprint density at radius 1 is 1.43 bits per heavy atom. The summed E-state index contributed by atoms with van der Waals surface area (Å²) in [6.45, 7) is 5.17. The average molecular weight is 291 g/mol. The molecule has 0 amide bonds. The van der Waals surface area contributed by atoms with Crippen LogP contribution in [0.1, 0.15) is 49.8 Å². The summed E-state index contributed by atoms with van der Waals surface area (Å²) >= 11 is 0. The van der Waals surface area contributed by atoms with Crippen molar-refractivity contribution >= 4 is 5.97 Å². The highest BCUT2D eigenvalue weighted by Crippen LogP contribution is 2.41. The number of fused-ring (bicyclic) bond motifs is 1. The highest BCUT2D eigenvalue weighted by Gasteiger charge is 2.51. The molecule has 1 unspecified atom stereocenters. The van der Waals surface area contributed by atoms with E-state index in [4.69, 9.17) is 0 Å². The average Bonchev–Trinajstić information content (AvgIpc) is 3.25. The van der Waals surface area contributed by atoms with Crippen LogP contribution in [0.5, 0.6) is 0 Å². The standard InChI is InChI=1S/C16H25N3O2/c1-3-17-16(15(20)21,12-8-9-12)10-19-11(2)18-13-6-4-5-7-14(13)19/h12,17H,3-10H2,1-2H3,(H,20,21). The van der Waals surface area contributed by atoms with Crippen LogP contribution in [-0.2, 0) is 24.2 Å². The fraction of sp³-hybridized carbons (Fsp3) is 0.750. The van der Waals surface area contributed by atoms with E-state index in [1.54, 1.807) is 0 Å². The van der Waals surface area contributed by atoms with E-state index in [-0.39, 0.29) is 5.92 Å². The minimum Gasteiger partial charge on any atom is -0.480 e. The van der Waals surface area contributed by atoms with Gasteiger partial charge in [0.2, 0.25) is 0 Å². The van der Waals surface area contributed by atoms with Crippen molar-refractivity contribution in [2.24, 2.45) is 5.92 Å². The van der Waals surface area contributed by atoms with E-state index in [0.717, 1.165) is 31.5 Å². The molecular formula is C16H25N3O2. The molecule has 5 nitrogen and oxygen atoms in total. The Morgan fingerprint density at radius 3 is 2.76 bits per heavy atom. The van der Waals surface area contributed by atoms with Gasteiger partial charge >= 0.3 is 5.97 Å². The molecule has 1 atom stereocenters. The maximum absolute atomic E-state index is 12.0. The number of aliphatic carboxylic acids is 1. The number of rotatable bonds is 6. The Bertz CT molecular complexity index is 548. The first kappa shape index (κ1) is 14.6. The van der Waals surface area contributed by atoms with Crippen molar-refractivity contribution in [2.45, 2.75) is 64.5 Å². The van der Waals surface area contributed by atoms with Crippen molar-refractivity contribution in [1.82, 2.24) is 14.9 Å². The van der Waals surface area contributed by atoms with Crippen molar-refractivity contribution in [3.63, 3.8) is 0 Å². The lowest BCUT2D eigenvalue weighted by Crippen LogP contribution is -2.57. The third-order valence-corrected chi connectivity index (χ3v) is 4.98. The van der Waals surface area contributed by atoms with Crippen LogP contribution < -0.4 is 5.32 Å². The largest absolute Gasteiger partial charge is 0.480 e. The Labute approximate surface area is 125 Å². The monoisotopic (exact) mass is 291 g/mol. The molecule has 1 aromatic heterocycles. The van der Waals surface area contributed by atoms with Crippen LogP contribution in [0, 0.1) is 12.8 Å². The number of hydrogen-bond acceptors (Lipinski definition) is 3. The van der Waals surface area contributed by atoms with Gasteiger partial charge in [-0.05, 0) is 57.9 Å². The first-order chi connectivity index (χ1) is 10.1. The lowest BCUT2D eigenvalue weighted by Gasteiger charge is -2.32. The molecule has 21 heavy (non-hydrogen) atoms. The number of aromatic nitrogens is 2. The van der Waals surface area contributed by atoms with Crippen LogP contribution >= 0.6 is 0 Å². The molecule has 1 heterocycles. The zero-order valence-corrected chi connectivity index (χ0v) is 13.0. The number of hydrogen-bond donors (Lipinski definition) is 2. The first-order valence-corrected chi connectivity index (χ1v) is 8.11. The van der Waals surface area contributed by atoms with E-state index in [1.807, 2.05) is 13.8 Å². The van der Waals surface area contributed by atoms with E-state index in [9.17, 15) is 9.90 Å². The molecule has 0 aromatic carbocycles. The van der Waals surface area contributed by atoms with Gasteiger partial charge in [0.15, 0.2) is 0 Å². The summed E-state index contributed by atoms with van der Waals surface area (Å²) in [5.74, 6) is 0.492. The Hall–Kier alpha value is -1.36. The Morgan fingerprint density at radius 2 is 2.14 bits per heavy atom. The maximum Gasteiger partial charge on any atom is 0.326 e. The first-order valence-electron chi connectivity index (χ1n) is 8.11. The van der Waals surface area contributed by atoms with Crippen LogP contribution in [-0.4, -0.2) is 32.7 Å². The zero-order valence-electron chi connectivity index (χ0n) is 13.0. The van der Waals surface area contributed by atoms with Gasteiger partial charge in [0.25, 0.3) is 0 Å². The number of carboxylic acids is 1. The number of likely N-dealkylation sites (N-methyl/N-ethyl adjacent to an activating group) is 1. The normalized spacial score (nSPS) is 20.9. The summed E-state index contributed by atoms with van der Waals surface area (Å²) in [5.41, 5.74) is 1.62. The third kappa shape index (κ3) is 2.48. The van der Waals surface area contributed by atoms with Crippen molar-refractivity contribution in [2.75, 3.05) is 6.54 Å². The van der Waals surface area contributed by atoms with Crippen molar-refractivity contribution < 1.29 is 9.90 Å². The molecule has 5 heteroatoms. The summed E-state index contributed by atoms with van der Waals surface area (Å²) < 4.78 is 2.17. The quantitative estimate of drug-likeness (QED) is 0.840.